The molecule has 0 spiro atoms. The first-order valence-electron chi connectivity index (χ1n) is 9.63. The van der Waals surface area contributed by atoms with E-state index in [1.54, 1.807) is 0 Å². The van der Waals surface area contributed by atoms with E-state index in [0.29, 0.717) is 0 Å². The summed E-state index contributed by atoms with van der Waals surface area (Å²) in [5, 5.41) is 0. The van der Waals surface area contributed by atoms with Crippen molar-refractivity contribution in [2.75, 3.05) is 0 Å². The maximum absolute atomic E-state index is 2.18. The van der Waals surface area contributed by atoms with Crippen LogP contribution in [0.5, 0.6) is 0 Å². The van der Waals surface area contributed by atoms with E-state index in [0.717, 1.165) is 6.42 Å². The van der Waals surface area contributed by atoms with Gasteiger partial charge in [-0.3, -0.25) is 0 Å². The molecule has 3 aromatic carbocycles. The predicted molar refractivity (Wildman–Crippen MR) is 121 cm³/mol. The van der Waals surface area contributed by atoms with E-state index in [2.05, 4.69) is 103 Å². The molecular weight excluding hydrogens is 324 g/mol. The lowest BCUT2D eigenvalue weighted by Gasteiger charge is -1.99. The van der Waals surface area contributed by atoms with Gasteiger partial charge in [-0.1, -0.05) is 135 Å². The summed E-state index contributed by atoms with van der Waals surface area (Å²) in [5.74, 6) is 0. The van der Waals surface area contributed by atoms with Crippen molar-refractivity contribution < 1.29 is 0 Å². The van der Waals surface area contributed by atoms with E-state index < -0.39 is 0 Å². The van der Waals surface area contributed by atoms with Gasteiger partial charge < -0.3 is 0 Å². The minimum atomic E-state index is 1.03. The van der Waals surface area contributed by atoms with E-state index >= 15 is 0 Å². The molecule has 0 saturated heterocycles. The monoisotopic (exact) mass is 352 g/mol. The van der Waals surface area contributed by atoms with Gasteiger partial charge in [0.25, 0.3) is 0 Å². The Morgan fingerprint density at radius 2 is 0.963 bits per heavy atom. The molecule has 0 nitrogen and oxygen atoms in total. The Kier molecular flexibility index (Phi) is 9.18. The standard InChI is InChI=1S/C13H12.C12H10.C2H6/c1-2-5-9-12(8-4-1)13-10-6-3-7-11-13;1-3-7-11(8-4-1)12-9-5-2-6-10-12;1-2/h1,3-11H,2H2;1-10H;1-2H3. The Morgan fingerprint density at radius 1 is 0.519 bits per heavy atom. The van der Waals surface area contributed by atoms with Crippen LogP contribution in [-0.2, 0) is 0 Å². The number of rotatable bonds is 2. The van der Waals surface area contributed by atoms with Gasteiger partial charge in [-0.25, -0.2) is 0 Å². The summed E-state index contributed by atoms with van der Waals surface area (Å²) in [6.45, 7) is 4.00. The van der Waals surface area contributed by atoms with Gasteiger partial charge in [0.05, 0.1) is 0 Å². The van der Waals surface area contributed by atoms with Crippen LogP contribution in [-0.4, -0.2) is 0 Å². The minimum Gasteiger partial charge on any atom is -0.0807 e. The van der Waals surface area contributed by atoms with Crippen LogP contribution in [0.1, 0.15) is 25.8 Å². The van der Waals surface area contributed by atoms with Crippen LogP contribution in [0.25, 0.3) is 16.7 Å². The summed E-state index contributed by atoms with van der Waals surface area (Å²) < 4.78 is 0. The first kappa shape index (κ1) is 20.2. The molecule has 0 heteroatoms. The fourth-order valence-corrected chi connectivity index (χ4v) is 2.66. The molecule has 0 heterocycles. The summed E-state index contributed by atoms with van der Waals surface area (Å²) in [5.41, 5.74) is 5.12. The van der Waals surface area contributed by atoms with Crippen LogP contribution in [0.2, 0.25) is 0 Å². The second-order valence-electron chi connectivity index (χ2n) is 5.79. The summed E-state index contributed by atoms with van der Waals surface area (Å²) in [6.07, 6.45) is 11.8. The van der Waals surface area contributed by atoms with Crippen LogP contribution < -0.4 is 0 Å². The fourth-order valence-electron chi connectivity index (χ4n) is 2.66. The first-order valence-corrected chi connectivity index (χ1v) is 9.63. The van der Waals surface area contributed by atoms with E-state index in [9.17, 15) is 0 Å². The third-order valence-electron chi connectivity index (χ3n) is 3.97. The fraction of sp³-hybridized carbons (Fsp3) is 0.111. The van der Waals surface area contributed by atoms with Gasteiger partial charge in [-0.15, -0.1) is 0 Å². The normalized spacial score (nSPS) is 11.9. The quantitative estimate of drug-likeness (QED) is 0.439. The Bertz CT molecular complexity index is 801. The number of hydrogen-bond acceptors (Lipinski definition) is 0. The summed E-state index contributed by atoms with van der Waals surface area (Å²) >= 11 is 0. The van der Waals surface area contributed by atoms with Crippen LogP contribution in [0.3, 0.4) is 0 Å². The third kappa shape index (κ3) is 6.95. The van der Waals surface area contributed by atoms with Crippen LogP contribution >= 0.6 is 0 Å². The molecule has 0 N–H and O–H groups in total. The lowest BCUT2D eigenvalue weighted by molar-refractivity contribution is 1.41. The zero-order valence-electron chi connectivity index (χ0n) is 16.3. The van der Waals surface area contributed by atoms with Crippen molar-refractivity contribution in [2.24, 2.45) is 0 Å². The largest absolute Gasteiger partial charge is 0.0807 e. The molecule has 0 bridgehead atoms. The number of allylic oxidation sites excluding steroid dienone is 6. The zero-order chi connectivity index (χ0) is 19.2. The van der Waals surface area contributed by atoms with Crippen molar-refractivity contribution in [3.05, 3.63) is 127 Å². The highest BCUT2D eigenvalue weighted by atomic mass is 14.0. The average molecular weight is 353 g/mol. The van der Waals surface area contributed by atoms with E-state index in [1.807, 2.05) is 32.0 Å². The second kappa shape index (κ2) is 12.3. The molecule has 0 aromatic heterocycles. The molecule has 1 aliphatic carbocycles. The highest BCUT2D eigenvalue weighted by Crippen LogP contribution is 2.18. The third-order valence-corrected chi connectivity index (χ3v) is 3.97. The molecule has 136 valence electrons. The van der Waals surface area contributed by atoms with Gasteiger partial charge in [-0.05, 0) is 28.7 Å². The van der Waals surface area contributed by atoms with Crippen LogP contribution in [0.4, 0.5) is 0 Å². The van der Waals surface area contributed by atoms with Crippen LogP contribution in [0, 0.1) is 0 Å². The second-order valence-corrected chi connectivity index (χ2v) is 5.79. The van der Waals surface area contributed by atoms with Crippen molar-refractivity contribution >= 4 is 5.57 Å². The van der Waals surface area contributed by atoms with Gasteiger partial charge in [0, 0.05) is 0 Å². The van der Waals surface area contributed by atoms with E-state index in [4.69, 9.17) is 0 Å². The van der Waals surface area contributed by atoms with Crippen molar-refractivity contribution in [1.29, 1.82) is 0 Å². The molecule has 4 rings (SSSR count). The molecule has 0 fully saturated rings. The summed E-state index contributed by atoms with van der Waals surface area (Å²) in [7, 11) is 0. The molecule has 0 atom stereocenters. The van der Waals surface area contributed by atoms with Crippen molar-refractivity contribution in [3.63, 3.8) is 0 Å². The smallest absolute Gasteiger partial charge is 0.0163 e. The van der Waals surface area contributed by atoms with E-state index in [-0.39, 0.29) is 0 Å². The molecule has 1 aliphatic rings. The van der Waals surface area contributed by atoms with Gasteiger partial charge >= 0.3 is 0 Å². The van der Waals surface area contributed by atoms with Crippen molar-refractivity contribution in [3.8, 4) is 11.1 Å². The Hall–Kier alpha value is -3.12. The Labute approximate surface area is 164 Å². The Balaban J connectivity index is 0.000000178. The lowest BCUT2D eigenvalue weighted by Crippen LogP contribution is -1.77. The lowest BCUT2D eigenvalue weighted by atomic mass is 10.1. The Morgan fingerprint density at radius 3 is 1.44 bits per heavy atom. The molecule has 0 amide bonds. The molecular formula is C27H28. The predicted octanol–water partition coefficient (Wildman–Crippen LogP) is 7.97. The highest BCUT2D eigenvalue weighted by molar-refractivity contribution is 5.75. The molecule has 0 aliphatic heterocycles. The SMILES string of the molecule is C1=CCC=CC(c2ccccc2)=C1.CC.c1ccc(-c2ccccc2)cc1. The molecule has 3 aromatic rings. The topological polar surface area (TPSA) is 0 Å². The van der Waals surface area contributed by atoms with Crippen LogP contribution in [0.15, 0.2) is 121 Å². The maximum atomic E-state index is 2.18. The van der Waals surface area contributed by atoms with Gasteiger partial charge in [0.1, 0.15) is 0 Å². The van der Waals surface area contributed by atoms with Gasteiger partial charge in [0.15, 0.2) is 0 Å². The molecule has 0 saturated carbocycles. The van der Waals surface area contributed by atoms with Crippen molar-refractivity contribution in [1.82, 2.24) is 0 Å². The summed E-state index contributed by atoms with van der Waals surface area (Å²) in [4.78, 5) is 0. The van der Waals surface area contributed by atoms with Gasteiger partial charge in [0.2, 0.25) is 0 Å². The average Bonchev–Trinajstić information content (AvgIpc) is 3.07. The zero-order valence-corrected chi connectivity index (χ0v) is 16.3. The van der Waals surface area contributed by atoms with Crippen molar-refractivity contribution in [2.45, 2.75) is 20.3 Å². The highest BCUT2D eigenvalue weighted by Gasteiger charge is 1.95. The molecule has 27 heavy (non-hydrogen) atoms. The minimum absolute atomic E-state index is 1.03. The van der Waals surface area contributed by atoms with E-state index in [1.165, 1.54) is 22.3 Å². The maximum Gasteiger partial charge on any atom is -0.0163 e. The number of benzene rings is 3. The molecule has 0 radical (unpaired) electrons. The summed E-state index contributed by atoms with van der Waals surface area (Å²) in [6, 6.07) is 31.2. The molecule has 0 unspecified atom stereocenters. The number of hydrogen-bond donors (Lipinski definition) is 0. The van der Waals surface area contributed by atoms with Gasteiger partial charge in [-0.2, -0.15) is 0 Å². The first-order chi connectivity index (χ1) is 13.4.